The molecule has 1 aliphatic rings. The normalized spacial score (nSPS) is 18.2. The first kappa shape index (κ1) is 12.0. The second-order valence-corrected chi connectivity index (χ2v) is 4.47. The van der Waals surface area contributed by atoms with Gasteiger partial charge in [0.05, 0.1) is 5.56 Å². The third-order valence-corrected chi connectivity index (χ3v) is 3.04. The molecule has 1 saturated heterocycles. The summed E-state index contributed by atoms with van der Waals surface area (Å²) in [5.74, 6) is -0.919. The molecule has 5 heteroatoms. The lowest BCUT2D eigenvalue weighted by Crippen LogP contribution is -2.43. The largest absolute Gasteiger partial charge is 0.478 e. The number of piperazine rings is 1. The van der Waals surface area contributed by atoms with E-state index >= 15 is 0 Å². The Morgan fingerprint density at radius 2 is 2.06 bits per heavy atom. The van der Waals surface area contributed by atoms with Gasteiger partial charge in [0.1, 0.15) is 0 Å². The van der Waals surface area contributed by atoms with E-state index in [1.165, 1.54) is 6.20 Å². The molecular formula is C12H17N3O2. The quantitative estimate of drug-likeness (QED) is 0.828. The van der Waals surface area contributed by atoms with Crippen molar-refractivity contribution < 1.29 is 9.90 Å². The van der Waals surface area contributed by atoms with Gasteiger partial charge in [-0.25, -0.2) is 4.79 Å². The highest BCUT2D eigenvalue weighted by atomic mass is 16.4. The average molecular weight is 235 g/mol. The van der Waals surface area contributed by atoms with E-state index < -0.39 is 5.97 Å². The number of carboxylic acids is 1. The number of nitrogens with zero attached hydrogens (tertiary/aromatic N) is 3. The summed E-state index contributed by atoms with van der Waals surface area (Å²) in [4.78, 5) is 19.4. The fraction of sp³-hybridized carbons (Fsp3) is 0.500. The van der Waals surface area contributed by atoms with Crippen LogP contribution in [0.5, 0.6) is 0 Å². The molecule has 0 radical (unpaired) electrons. The van der Waals surface area contributed by atoms with E-state index in [-0.39, 0.29) is 5.56 Å². The van der Waals surface area contributed by atoms with Gasteiger partial charge in [0, 0.05) is 45.1 Å². The molecule has 0 atom stereocenters. The van der Waals surface area contributed by atoms with Crippen LogP contribution < -0.4 is 0 Å². The molecule has 0 aromatic carbocycles. The highest BCUT2D eigenvalue weighted by Gasteiger charge is 2.14. The first-order chi connectivity index (χ1) is 8.15. The van der Waals surface area contributed by atoms with Gasteiger partial charge in [-0.3, -0.25) is 9.88 Å². The molecule has 1 aromatic heterocycles. The molecule has 1 fully saturated rings. The first-order valence-electron chi connectivity index (χ1n) is 5.73. The summed E-state index contributed by atoms with van der Waals surface area (Å²) >= 11 is 0. The van der Waals surface area contributed by atoms with Gasteiger partial charge >= 0.3 is 5.97 Å². The second-order valence-electron chi connectivity index (χ2n) is 4.47. The van der Waals surface area contributed by atoms with Crippen LogP contribution in [0.2, 0.25) is 0 Å². The fourth-order valence-electron chi connectivity index (χ4n) is 1.96. The predicted molar refractivity (Wildman–Crippen MR) is 64.0 cm³/mol. The summed E-state index contributed by atoms with van der Waals surface area (Å²) in [5.41, 5.74) is 1.23. The molecule has 0 spiro atoms. The van der Waals surface area contributed by atoms with Gasteiger partial charge in [-0.2, -0.15) is 0 Å². The summed E-state index contributed by atoms with van der Waals surface area (Å²) in [7, 11) is 2.12. The minimum absolute atomic E-state index is 0.261. The number of carbonyl (C=O) groups is 1. The van der Waals surface area contributed by atoms with Gasteiger partial charge in [0.25, 0.3) is 0 Å². The maximum atomic E-state index is 10.8. The molecule has 0 saturated carbocycles. The van der Waals surface area contributed by atoms with E-state index in [0.29, 0.717) is 0 Å². The van der Waals surface area contributed by atoms with E-state index in [9.17, 15) is 4.79 Å². The average Bonchev–Trinajstić information content (AvgIpc) is 2.32. The Balaban J connectivity index is 1.98. The third-order valence-electron chi connectivity index (χ3n) is 3.04. The van der Waals surface area contributed by atoms with Crippen LogP contribution in [-0.2, 0) is 6.54 Å². The SMILES string of the molecule is CN1CCN(Cc2cncc(C(=O)O)c2)CC1. The zero-order chi connectivity index (χ0) is 12.3. The minimum atomic E-state index is -0.919. The molecule has 0 amide bonds. The highest BCUT2D eigenvalue weighted by molar-refractivity contribution is 5.87. The van der Waals surface area contributed by atoms with Crippen molar-refractivity contribution in [2.45, 2.75) is 6.54 Å². The van der Waals surface area contributed by atoms with E-state index in [1.54, 1.807) is 12.3 Å². The maximum absolute atomic E-state index is 10.8. The van der Waals surface area contributed by atoms with Crippen LogP contribution in [0.15, 0.2) is 18.5 Å². The van der Waals surface area contributed by atoms with Crippen molar-refractivity contribution in [1.82, 2.24) is 14.8 Å². The van der Waals surface area contributed by atoms with Crippen molar-refractivity contribution in [3.8, 4) is 0 Å². The molecule has 5 nitrogen and oxygen atoms in total. The van der Waals surface area contributed by atoms with Gasteiger partial charge in [-0.1, -0.05) is 0 Å². The summed E-state index contributed by atoms with van der Waals surface area (Å²) in [6.45, 7) is 4.95. The molecule has 1 aromatic rings. The summed E-state index contributed by atoms with van der Waals surface area (Å²) < 4.78 is 0. The van der Waals surface area contributed by atoms with E-state index in [2.05, 4.69) is 21.8 Å². The standard InChI is InChI=1S/C12H17N3O2/c1-14-2-4-15(5-3-14)9-10-6-11(12(16)17)8-13-7-10/h6-8H,2-5,9H2,1H3,(H,16,17). The number of hydrogen-bond donors (Lipinski definition) is 1. The van der Waals surface area contributed by atoms with Crippen molar-refractivity contribution in [2.75, 3.05) is 33.2 Å². The molecule has 2 rings (SSSR count). The molecule has 17 heavy (non-hydrogen) atoms. The summed E-state index contributed by atoms with van der Waals surface area (Å²) in [5, 5.41) is 8.89. The molecule has 0 bridgehead atoms. The number of pyridine rings is 1. The lowest BCUT2D eigenvalue weighted by Gasteiger charge is -2.32. The predicted octanol–water partition coefficient (Wildman–Crippen LogP) is 0.527. The van der Waals surface area contributed by atoms with Crippen LogP contribution in [0.3, 0.4) is 0 Å². The molecule has 0 unspecified atom stereocenters. The lowest BCUT2D eigenvalue weighted by atomic mass is 10.2. The van der Waals surface area contributed by atoms with Gasteiger partial charge in [0.2, 0.25) is 0 Å². The minimum Gasteiger partial charge on any atom is -0.478 e. The van der Waals surface area contributed by atoms with Crippen molar-refractivity contribution in [2.24, 2.45) is 0 Å². The third kappa shape index (κ3) is 3.25. The van der Waals surface area contributed by atoms with Crippen molar-refractivity contribution in [3.05, 3.63) is 29.6 Å². The summed E-state index contributed by atoms with van der Waals surface area (Å²) in [6, 6.07) is 1.70. The number of rotatable bonds is 3. The van der Waals surface area contributed by atoms with Crippen LogP contribution in [0.25, 0.3) is 0 Å². The number of hydrogen-bond acceptors (Lipinski definition) is 4. The molecule has 1 N–H and O–H groups in total. The Kier molecular flexibility index (Phi) is 3.71. The Labute approximate surface area is 101 Å². The highest BCUT2D eigenvalue weighted by Crippen LogP contribution is 2.08. The van der Waals surface area contributed by atoms with Crippen LogP contribution in [0.4, 0.5) is 0 Å². The summed E-state index contributed by atoms with van der Waals surface area (Å²) in [6.07, 6.45) is 3.13. The lowest BCUT2D eigenvalue weighted by molar-refractivity contribution is 0.0696. The molecule has 1 aliphatic heterocycles. The van der Waals surface area contributed by atoms with Crippen molar-refractivity contribution >= 4 is 5.97 Å². The van der Waals surface area contributed by atoms with Gasteiger partial charge in [-0.15, -0.1) is 0 Å². The zero-order valence-electron chi connectivity index (χ0n) is 9.96. The van der Waals surface area contributed by atoms with Crippen LogP contribution in [-0.4, -0.2) is 59.1 Å². The molecule has 92 valence electrons. The van der Waals surface area contributed by atoms with E-state index in [4.69, 9.17) is 5.11 Å². The molecular weight excluding hydrogens is 218 g/mol. The number of likely N-dealkylation sites (N-methyl/N-ethyl adjacent to an activating group) is 1. The smallest absolute Gasteiger partial charge is 0.337 e. The van der Waals surface area contributed by atoms with Crippen LogP contribution in [0.1, 0.15) is 15.9 Å². The molecule has 2 heterocycles. The van der Waals surface area contributed by atoms with Gasteiger partial charge < -0.3 is 10.0 Å². The van der Waals surface area contributed by atoms with Crippen molar-refractivity contribution in [1.29, 1.82) is 0 Å². The van der Waals surface area contributed by atoms with Crippen LogP contribution >= 0.6 is 0 Å². The van der Waals surface area contributed by atoms with Crippen LogP contribution in [0, 0.1) is 0 Å². The first-order valence-corrected chi connectivity index (χ1v) is 5.73. The van der Waals surface area contributed by atoms with Gasteiger partial charge in [0.15, 0.2) is 0 Å². The number of aromatic nitrogens is 1. The fourth-order valence-corrected chi connectivity index (χ4v) is 1.96. The van der Waals surface area contributed by atoms with E-state index in [0.717, 1.165) is 38.3 Å². The topological polar surface area (TPSA) is 56.7 Å². The second kappa shape index (κ2) is 5.25. The Bertz CT molecular complexity index is 400. The Morgan fingerprint density at radius 3 is 2.71 bits per heavy atom. The number of aromatic carboxylic acids is 1. The van der Waals surface area contributed by atoms with E-state index in [1.807, 2.05) is 0 Å². The monoisotopic (exact) mass is 235 g/mol. The zero-order valence-corrected chi connectivity index (χ0v) is 9.96. The van der Waals surface area contributed by atoms with Crippen molar-refractivity contribution in [3.63, 3.8) is 0 Å². The number of carboxylic acid groups (broad SMARTS) is 1. The molecule has 0 aliphatic carbocycles. The maximum Gasteiger partial charge on any atom is 0.337 e. The Hall–Kier alpha value is -1.46. The Morgan fingerprint density at radius 1 is 1.35 bits per heavy atom. The van der Waals surface area contributed by atoms with Gasteiger partial charge in [-0.05, 0) is 18.7 Å².